The van der Waals surface area contributed by atoms with Crippen molar-refractivity contribution in [3.8, 4) is 6.01 Å². The lowest BCUT2D eigenvalue weighted by Crippen LogP contribution is -2.21. The van der Waals surface area contributed by atoms with E-state index < -0.39 is 0 Å². The summed E-state index contributed by atoms with van der Waals surface area (Å²) < 4.78 is 5.42. The van der Waals surface area contributed by atoms with Crippen molar-refractivity contribution in [3.05, 3.63) is 0 Å². The van der Waals surface area contributed by atoms with Crippen molar-refractivity contribution in [2.24, 2.45) is 11.8 Å². The van der Waals surface area contributed by atoms with E-state index in [0.717, 1.165) is 19.3 Å². The van der Waals surface area contributed by atoms with Crippen molar-refractivity contribution in [3.63, 3.8) is 0 Å². The molecule has 0 aliphatic rings. The largest absolute Gasteiger partial charge is 0.463 e. The fourth-order valence-corrected chi connectivity index (χ4v) is 1.79. The van der Waals surface area contributed by atoms with Gasteiger partial charge in [0.05, 0.1) is 6.61 Å². The smallest absolute Gasteiger partial charge is 0.323 e. The molecule has 0 amide bonds. The molecule has 2 unspecified atom stereocenters. The highest BCUT2D eigenvalue weighted by Crippen LogP contribution is 2.15. The molecule has 0 saturated heterocycles. The first-order chi connectivity index (χ1) is 9.58. The molecule has 2 atom stereocenters. The van der Waals surface area contributed by atoms with Gasteiger partial charge in [-0.1, -0.05) is 27.2 Å². The Kier molecular flexibility index (Phi) is 7.00. The minimum Gasteiger partial charge on any atom is -0.463 e. The third-order valence-corrected chi connectivity index (χ3v) is 3.01. The van der Waals surface area contributed by atoms with E-state index in [2.05, 4.69) is 46.5 Å². The monoisotopic (exact) mass is 282 g/mol. The minimum atomic E-state index is 0.275. The zero-order valence-corrected chi connectivity index (χ0v) is 12.8. The number of hydrogen-bond acceptors (Lipinski definition) is 7. The maximum atomic E-state index is 5.42. The van der Waals surface area contributed by atoms with Gasteiger partial charge in [-0.15, -0.1) is 0 Å². The van der Waals surface area contributed by atoms with Crippen LogP contribution in [0.5, 0.6) is 6.01 Å². The molecular weight excluding hydrogens is 256 g/mol. The lowest BCUT2D eigenvalue weighted by Gasteiger charge is -2.17. The molecule has 0 fully saturated rings. The summed E-state index contributed by atoms with van der Waals surface area (Å²) >= 11 is 0. The highest BCUT2D eigenvalue weighted by atomic mass is 16.5. The van der Waals surface area contributed by atoms with Gasteiger partial charge in [-0.25, -0.2) is 5.84 Å². The van der Waals surface area contributed by atoms with Crippen LogP contribution < -0.4 is 21.3 Å². The van der Waals surface area contributed by atoms with E-state index in [1.54, 1.807) is 0 Å². The van der Waals surface area contributed by atoms with Crippen molar-refractivity contribution >= 4 is 11.9 Å². The third kappa shape index (κ3) is 5.56. The molecule has 1 rings (SSSR count). The summed E-state index contributed by atoms with van der Waals surface area (Å²) in [6, 6.07) is 0.560. The first kappa shape index (κ1) is 16.4. The highest BCUT2D eigenvalue weighted by molar-refractivity contribution is 5.35. The van der Waals surface area contributed by atoms with Crippen LogP contribution in [-0.2, 0) is 0 Å². The molecular formula is C13H26N6O. The molecule has 1 aromatic heterocycles. The summed E-state index contributed by atoms with van der Waals surface area (Å²) in [5, 5.41) is 3.26. The van der Waals surface area contributed by atoms with E-state index >= 15 is 0 Å². The van der Waals surface area contributed by atoms with Gasteiger partial charge < -0.3 is 10.1 Å². The maximum absolute atomic E-state index is 5.42. The number of aromatic nitrogens is 3. The Morgan fingerprint density at radius 1 is 1.15 bits per heavy atom. The van der Waals surface area contributed by atoms with Crippen LogP contribution in [0.1, 0.15) is 47.0 Å². The summed E-state index contributed by atoms with van der Waals surface area (Å²) in [6.07, 6.45) is 3.10. The summed E-state index contributed by atoms with van der Waals surface area (Å²) in [5.41, 5.74) is 2.43. The second-order valence-corrected chi connectivity index (χ2v) is 5.05. The van der Waals surface area contributed by atoms with Crippen LogP contribution in [0.25, 0.3) is 0 Å². The van der Waals surface area contributed by atoms with Crippen LogP contribution in [0.2, 0.25) is 0 Å². The van der Waals surface area contributed by atoms with Gasteiger partial charge in [0.1, 0.15) is 0 Å². The van der Waals surface area contributed by atoms with Gasteiger partial charge in [0.2, 0.25) is 11.9 Å². The average molecular weight is 282 g/mol. The predicted octanol–water partition coefficient (Wildman–Crippen LogP) is 2.18. The van der Waals surface area contributed by atoms with E-state index in [1.165, 1.54) is 0 Å². The Balaban J connectivity index is 2.72. The number of nitrogen functional groups attached to an aromatic ring is 1. The molecule has 0 saturated carbocycles. The molecule has 0 aliphatic heterocycles. The van der Waals surface area contributed by atoms with E-state index in [-0.39, 0.29) is 12.1 Å². The van der Waals surface area contributed by atoms with Crippen LogP contribution in [0, 0.1) is 5.92 Å². The van der Waals surface area contributed by atoms with Gasteiger partial charge in [0.25, 0.3) is 0 Å². The van der Waals surface area contributed by atoms with Crippen molar-refractivity contribution in [2.75, 3.05) is 17.3 Å². The molecule has 1 heterocycles. The van der Waals surface area contributed by atoms with Gasteiger partial charge in [0, 0.05) is 6.04 Å². The van der Waals surface area contributed by atoms with E-state index in [9.17, 15) is 0 Å². The Hall–Kier alpha value is -1.63. The molecule has 7 heteroatoms. The molecule has 0 aliphatic carbocycles. The Bertz CT molecular complexity index is 400. The average Bonchev–Trinajstić information content (AvgIpc) is 2.44. The Labute approximate surface area is 120 Å². The van der Waals surface area contributed by atoms with Gasteiger partial charge in [-0.05, 0) is 25.7 Å². The summed E-state index contributed by atoms with van der Waals surface area (Å²) in [4.78, 5) is 12.5. The van der Waals surface area contributed by atoms with Crippen molar-refractivity contribution < 1.29 is 4.74 Å². The number of hydrazine groups is 1. The second-order valence-electron chi connectivity index (χ2n) is 5.05. The fourth-order valence-electron chi connectivity index (χ4n) is 1.79. The standard InChI is InChI=1S/C13H26N6O/c1-5-7-20-13-17-11(16-12(18-13)19-14)15-10(4)8-9(3)6-2/h9-10H,5-8,14H2,1-4H3,(H2,15,16,17,18,19). The predicted molar refractivity (Wildman–Crippen MR) is 80.6 cm³/mol. The Morgan fingerprint density at radius 2 is 1.85 bits per heavy atom. The molecule has 20 heavy (non-hydrogen) atoms. The summed E-state index contributed by atoms with van der Waals surface area (Å²) in [6.45, 7) is 9.12. The fraction of sp³-hybridized carbons (Fsp3) is 0.769. The molecule has 0 radical (unpaired) electrons. The zero-order chi connectivity index (χ0) is 15.0. The summed E-state index contributed by atoms with van der Waals surface area (Å²) in [7, 11) is 0. The highest BCUT2D eigenvalue weighted by Gasteiger charge is 2.11. The van der Waals surface area contributed by atoms with Crippen LogP contribution in [0.4, 0.5) is 11.9 Å². The number of nitrogens with zero attached hydrogens (tertiary/aromatic N) is 3. The topological polar surface area (TPSA) is 98.0 Å². The molecule has 4 N–H and O–H groups in total. The third-order valence-electron chi connectivity index (χ3n) is 3.01. The van der Waals surface area contributed by atoms with E-state index in [1.807, 2.05) is 6.92 Å². The van der Waals surface area contributed by atoms with Gasteiger partial charge in [-0.3, -0.25) is 5.43 Å². The number of anilines is 2. The number of rotatable bonds is 9. The van der Waals surface area contributed by atoms with Crippen LogP contribution >= 0.6 is 0 Å². The maximum Gasteiger partial charge on any atom is 0.323 e. The lowest BCUT2D eigenvalue weighted by molar-refractivity contribution is 0.292. The van der Waals surface area contributed by atoms with E-state index in [0.29, 0.717) is 24.4 Å². The minimum absolute atomic E-state index is 0.275. The number of nitrogens with one attached hydrogen (secondary N) is 2. The number of ether oxygens (including phenoxy) is 1. The zero-order valence-electron chi connectivity index (χ0n) is 12.8. The van der Waals surface area contributed by atoms with Crippen LogP contribution in [-0.4, -0.2) is 27.6 Å². The molecule has 7 nitrogen and oxygen atoms in total. The van der Waals surface area contributed by atoms with Gasteiger partial charge in [0.15, 0.2) is 0 Å². The molecule has 0 spiro atoms. The van der Waals surface area contributed by atoms with Crippen LogP contribution in [0.15, 0.2) is 0 Å². The van der Waals surface area contributed by atoms with Gasteiger partial charge in [-0.2, -0.15) is 15.0 Å². The normalized spacial score (nSPS) is 13.7. The molecule has 0 aromatic carbocycles. The molecule has 114 valence electrons. The quantitative estimate of drug-likeness (QED) is 0.471. The van der Waals surface area contributed by atoms with Crippen molar-refractivity contribution in [1.82, 2.24) is 15.0 Å². The second kappa shape index (κ2) is 8.52. The Morgan fingerprint density at radius 3 is 2.45 bits per heavy atom. The molecule has 0 bridgehead atoms. The number of hydrogen-bond donors (Lipinski definition) is 3. The summed E-state index contributed by atoms with van der Waals surface area (Å²) in [5.74, 6) is 6.80. The first-order valence-electron chi connectivity index (χ1n) is 7.21. The van der Waals surface area contributed by atoms with Crippen LogP contribution in [0.3, 0.4) is 0 Å². The SMILES string of the molecule is CCCOc1nc(NN)nc(NC(C)CC(C)CC)n1. The van der Waals surface area contributed by atoms with Crippen molar-refractivity contribution in [2.45, 2.75) is 53.0 Å². The van der Waals surface area contributed by atoms with Crippen molar-refractivity contribution in [1.29, 1.82) is 0 Å². The number of nitrogens with two attached hydrogens (primary N) is 1. The molecule has 1 aromatic rings. The lowest BCUT2D eigenvalue weighted by atomic mass is 10.0. The first-order valence-corrected chi connectivity index (χ1v) is 7.21. The van der Waals surface area contributed by atoms with E-state index in [4.69, 9.17) is 10.6 Å². The van der Waals surface area contributed by atoms with Gasteiger partial charge >= 0.3 is 6.01 Å².